The molecule has 0 heterocycles. The molecule has 3 aliphatic carbocycles. The molecule has 0 aliphatic heterocycles. The highest BCUT2D eigenvalue weighted by molar-refractivity contribution is 5.38. The van der Waals surface area contributed by atoms with E-state index < -0.39 is 23.9 Å². The van der Waals surface area contributed by atoms with E-state index in [-0.39, 0.29) is 5.41 Å². The molecule has 3 rings (SSSR count). The SMILES string of the molecule is C=C1/C(=C/C=C2\CCC[C@]3(C)[C@@H]([C@H](C)C[C@H](O)CC(C)(C)O)CC[C@@H]23)C[C@@H](O)C[C@@H]1O. The quantitative estimate of drug-likeness (QED) is 0.491. The van der Waals surface area contributed by atoms with Crippen LogP contribution in [-0.2, 0) is 0 Å². The third-order valence-corrected chi connectivity index (χ3v) is 8.37. The topological polar surface area (TPSA) is 80.9 Å². The van der Waals surface area contributed by atoms with Crippen molar-refractivity contribution in [2.45, 2.75) is 109 Å². The van der Waals surface area contributed by atoms with E-state index in [1.165, 1.54) is 31.3 Å². The second-order valence-corrected chi connectivity index (χ2v) is 11.5. The zero-order valence-electron chi connectivity index (χ0n) is 20.0. The Bertz CT molecular complexity index is 715. The summed E-state index contributed by atoms with van der Waals surface area (Å²) in [7, 11) is 0. The second kappa shape index (κ2) is 9.51. The second-order valence-electron chi connectivity index (χ2n) is 11.5. The molecule has 3 fully saturated rings. The molecule has 0 amide bonds. The molecule has 0 saturated heterocycles. The van der Waals surface area contributed by atoms with E-state index in [9.17, 15) is 20.4 Å². The highest BCUT2D eigenvalue weighted by Gasteiger charge is 2.50. The zero-order valence-corrected chi connectivity index (χ0v) is 20.0. The maximum Gasteiger partial charge on any atom is 0.0811 e. The molecule has 3 saturated carbocycles. The van der Waals surface area contributed by atoms with Gasteiger partial charge in [0.2, 0.25) is 0 Å². The number of aliphatic hydroxyl groups excluding tert-OH is 3. The number of aliphatic hydroxyl groups is 4. The van der Waals surface area contributed by atoms with E-state index in [1.54, 1.807) is 13.8 Å². The summed E-state index contributed by atoms with van der Waals surface area (Å²) in [5.41, 5.74) is 2.64. The van der Waals surface area contributed by atoms with Crippen LogP contribution in [-0.4, -0.2) is 44.3 Å². The highest BCUT2D eigenvalue weighted by Crippen LogP contribution is 2.60. The van der Waals surface area contributed by atoms with Crippen LogP contribution >= 0.6 is 0 Å². The molecule has 4 heteroatoms. The van der Waals surface area contributed by atoms with Gasteiger partial charge in [0.1, 0.15) is 0 Å². The number of rotatable bonds is 6. The summed E-state index contributed by atoms with van der Waals surface area (Å²) < 4.78 is 0. The number of fused-ring (bicyclic) bond motifs is 1. The van der Waals surface area contributed by atoms with Gasteiger partial charge in [0.15, 0.2) is 0 Å². The van der Waals surface area contributed by atoms with Gasteiger partial charge in [-0.25, -0.2) is 0 Å². The molecular weight excluding hydrogens is 388 g/mol. The molecule has 0 aromatic carbocycles. The zero-order chi connectivity index (χ0) is 23.0. The average molecular weight is 433 g/mol. The molecule has 0 unspecified atom stereocenters. The maximum atomic E-state index is 10.5. The maximum absolute atomic E-state index is 10.5. The lowest BCUT2D eigenvalue weighted by atomic mass is 9.60. The minimum Gasteiger partial charge on any atom is -0.393 e. The standard InChI is InChI=1S/C27H44O4/c1-17(13-22(29)16-26(3,4)31)23-10-11-24-19(7-6-12-27(23,24)5)8-9-20-14-21(28)15-25(30)18(20)2/h8-9,17,21-25,28-31H,2,6-7,10-16H2,1,3-5H3/b19-8+,20-9+/t17-,21-,22+,23-,24+,25+,27-/m1/s1. The molecule has 0 aromatic heterocycles. The van der Waals surface area contributed by atoms with Crippen LogP contribution in [0.4, 0.5) is 0 Å². The Morgan fingerprint density at radius 1 is 1.23 bits per heavy atom. The molecular formula is C27H44O4. The average Bonchev–Trinajstić information content (AvgIpc) is 2.99. The molecule has 31 heavy (non-hydrogen) atoms. The van der Waals surface area contributed by atoms with Gasteiger partial charge in [-0.1, -0.05) is 38.2 Å². The Balaban J connectivity index is 1.72. The summed E-state index contributed by atoms with van der Waals surface area (Å²) >= 11 is 0. The summed E-state index contributed by atoms with van der Waals surface area (Å²) in [5, 5.41) is 40.7. The lowest BCUT2D eigenvalue weighted by Gasteiger charge is -2.44. The lowest BCUT2D eigenvalue weighted by Crippen LogP contribution is -2.37. The van der Waals surface area contributed by atoms with Gasteiger partial charge >= 0.3 is 0 Å². The van der Waals surface area contributed by atoms with Gasteiger partial charge in [0, 0.05) is 12.8 Å². The van der Waals surface area contributed by atoms with Crippen molar-refractivity contribution in [3.05, 3.63) is 35.5 Å². The molecule has 0 aromatic rings. The first-order chi connectivity index (χ1) is 14.4. The van der Waals surface area contributed by atoms with Gasteiger partial charge in [0.25, 0.3) is 0 Å². The molecule has 176 valence electrons. The molecule has 0 spiro atoms. The fourth-order valence-corrected chi connectivity index (χ4v) is 6.93. The fourth-order valence-electron chi connectivity index (χ4n) is 6.93. The first kappa shape index (κ1) is 24.7. The third-order valence-electron chi connectivity index (χ3n) is 8.37. The smallest absolute Gasteiger partial charge is 0.0811 e. The lowest BCUT2D eigenvalue weighted by molar-refractivity contribution is 0.000127. The van der Waals surface area contributed by atoms with E-state index in [2.05, 4.69) is 32.6 Å². The molecule has 7 atom stereocenters. The Kier molecular flexibility index (Phi) is 7.57. The van der Waals surface area contributed by atoms with Crippen molar-refractivity contribution < 1.29 is 20.4 Å². The predicted octanol–water partition coefficient (Wildman–Crippen LogP) is 4.68. The molecule has 3 aliphatic rings. The number of hydrogen-bond acceptors (Lipinski definition) is 4. The molecule has 4 N–H and O–H groups in total. The first-order valence-corrected chi connectivity index (χ1v) is 12.3. The fraction of sp³-hybridized carbons (Fsp3) is 0.778. The van der Waals surface area contributed by atoms with Crippen molar-refractivity contribution in [1.82, 2.24) is 0 Å². The van der Waals surface area contributed by atoms with Gasteiger partial charge in [0.05, 0.1) is 23.9 Å². The van der Waals surface area contributed by atoms with Crippen molar-refractivity contribution in [2.75, 3.05) is 0 Å². The predicted molar refractivity (Wildman–Crippen MR) is 125 cm³/mol. The van der Waals surface area contributed by atoms with Crippen LogP contribution in [0, 0.1) is 23.2 Å². The van der Waals surface area contributed by atoms with Crippen molar-refractivity contribution in [2.24, 2.45) is 23.2 Å². The summed E-state index contributed by atoms with van der Waals surface area (Å²) in [5.74, 6) is 1.57. The van der Waals surface area contributed by atoms with Crippen LogP contribution in [0.15, 0.2) is 35.5 Å². The number of hydrogen-bond donors (Lipinski definition) is 4. The first-order valence-electron chi connectivity index (χ1n) is 12.3. The Morgan fingerprint density at radius 3 is 2.61 bits per heavy atom. The van der Waals surface area contributed by atoms with Crippen LogP contribution in [0.5, 0.6) is 0 Å². The van der Waals surface area contributed by atoms with Crippen LogP contribution in [0.2, 0.25) is 0 Å². The van der Waals surface area contributed by atoms with Crippen molar-refractivity contribution in [3.8, 4) is 0 Å². The summed E-state index contributed by atoms with van der Waals surface area (Å²) in [4.78, 5) is 0. The van der Waals surface area contributed by atoms with Crippen molar-refractivity contribution >= 4 is 0 Å². The largest absolute Gasteiger partial charge is 0.393 e. The minimum atomic E-state index is -0.834. The number of allylic oxidation sites excluding steroid dienone is 3. The van der Waals surface area contributed by atoms with Crippen LogP contribution in [0.3, 0.4) is 0 Å². The normalized spacial score (nSPS) is 39.0. The molecule has 0 radical (unpaired) electrons. The van der Waals surface area contributed by atoms with E-state index in [4.69, 9.17) is 0 Å². The molecule has 0 bridgehead atoms. The van der Waals surface area contributed by atoms with Gasteiger partial charge in [-0.15, -0.1) is 0 Å². The Morgan fingerprint density at radius 2 is 1.94 bits per heavy atom. The van der Waals surface area contributed by atoms with Gasteiger partial charge in [-0.3, -0.25) is 0 Å². The van der Waals surface area contributed by atoms with E-state index in [1.807, 2.05) is 0 Å². The van der Waals surface area contributed by atoms with E-state index in [0.717, 1.165) is 24.0 Å². The van der Waals surface area contributed by atoms with Crippen LogP contribution in [0.1, 0.15) is 85.5 Å². The summed E-state index contributed by atoms with van der Waals surface area (Å²) in [6.45, 7) is 12.3. The van der Waals surface area contributed by atoms with Gasteiger partial charge in [-0.2, -0.15) is 0 Å². The van der Waals surface area contributed by atoms with Crippen LogP contribution in [0.25, 0.3) is 0 Å². The van der Waals surface area contributed by atoms with E-state index >= 15 is 0 Å². The monoisotopic (exact) mass is 432 g/mol. The van der Waals surface area contributed by atoms with Gasteiger partial charge < -0.3 is 20.4 Å². The minimum absolute atomic E-state index is 0.249. The van der Waals surface area contributed by atoms with Crippen molar-refractivity contribution in [3.63, 3.8) is 0 Å². The molecule has 4 nitrogen and oxygen atoms in total. The Hall–Kier alpha value is -0.940. The highest BCUT2D eigenvalue weighted by atomic mass is 16.3. The Labute approximate surface area is 188 Å². The van der Waals surface area contributed by atoms with Crippen LogP contribution < -0.4 is 0 Å². The summed E-state index contributed by atoms with van der Waals surface area (Å²) in [6, 6.07) is 0. The van der Waals surface area contributed by atoms with Gasteiger partial charge in [-0.05, 0) is 93.1 Å². The third kappa shape index (κ3) is 5.71. The van der Waals surface area contributed by atoms with E-state index in [0.29, 0.717) is 37.0 Å². The van der Waals surface area contributed by atoms with Crippen molar-refractivity contribution in [1.29, 1.82) is 0 Å². The summed E-state index contributed by atoms with van der Waals surface area (Å²) in [6.07, 6.45) is 10.8.